The Hall–Kier alpha value is -4.38. The van der Waals surface area contributed by atoms with Crippen molar-refractivity contribution in [2.24, 2.45) is 23.2 Å². The molecule has 3 amide bonds. The van der Waals surface area contributed by atoms with Gasteiger partial charge in [-0.2, -0.15) is 4.80 Å². The quantitative estimate of drug-likeness (QED) is 0.238. The van der Waals surface area contributed by atoms with Crippen LogP contribution in [0.1, 0.15) is 78.2 Å². The molecule has 4 fully saturated rings. The molecule has 0 spiro atoms. The lowest BCUT2D eigenvalue weighted by Gasteiger charge is -2.34. The lowest BCUT2D eigenvalue weighted by molar-refractivity contribution is -0.137. The van der Waals surface area contributed by atoms with Gasteiger partial charge in [-0.1, -0.05) is 26.8 Å². The van der Waals surface area contributed by atoms with E-state index in [1.54, 1.807) is 37.5 Å². The van der Waals surface area contributed by atoms with E-state index < -0.39 is 68.1 Å². The van der Waals surface area contributed by atoms with Crippen molar-refractivity contribution in [1.82, 2.24) is 35.6 Å². The van der Waals surface area contributed by atoms with Crippen LogP contribution in [0, 0.1) is 23.2 Å². The first kappa shape index (κ1) is 38.3. The summed E-state index contributed by atoms with van der Waals surface area (Å²) in [5.74, 6) is -3.05. The minimum absolute atomic E-state index is 0.119. The van der Waals surface area contributed by atoms with E-state index >= 15 is 0 Å². The van der Waals surface area contributed by atoms with Gasteiger partial charge in [0.15, 0.2) is 5.78 Å². The summed E-state index contributed by atoms with van der Waals surface area (Å²) in [7, 11) is -2.32. The van der Waals surface area contributed by atoms with Gasteiger partial charge in [0.25, 0.3) is 5.91 Å². The minimum Gasteiger partial charge on any atom is -0.497 e. The van der Waals surface area contributed by atoms with Gasteiger partial charge in [0.2, 0.25) is 21.8 Å². The molecule has 1 aromatic carbocycles. The molecule has 3 N–H and O–H groups in total. The van der Waals surface area contributed by atoms with Crippen LogP contribution >= 0.6 is 0 Å². The molecule has 3 saturated carbocycles. The summed E-state index contributed by atoms with van der Waals surface area (Å²) in [4.78, 5) is 57.2. The molecule has 288 valence electrons. The van der Waals surface area contributed by atoms with Crippen LogP contribution < -0.4 is 20.1 Å². The zero-order valence-corrected chi connectivity index (χ0v) is 31.4. The van der Waals surface area contributed by atoms with Crippen LogP contribution in [0.2, 0.25) is 0 Å². The van der Waals surface area contributed by atoms with Gasteiger partial charge >= 0.3 is 6.09 Å². The number of alkyl carbamates (subject to hydrolysis) is 1. The predicted molar refractivity (Wildman–Crippen MR) is 191 cm³/mol. The first-order chi connectivity index (χ1) is 25.1. The average Bonchev–Trinajstić information content (AvgIpc) is 3.99. The fraction of sp³-hybridized carbons (Fsp3) is 0.639. The molecule has 2 heterocycles. The normalized spacial score (nSPS) is 26.6. The number of carbonyl (C=O) groups excluding carboxylic acids is 4. The molecule has 0 bridgehead atoms. The zero-order valence-electron chi connectivity index (χ0n) is 30.6. The van der Waals surface area contributed by atoms with Gasteiger partial charge in [0.05, 0.1) is 37.7 Å². The average molecular weight is 756 g/mol. The Bertz CT molecular complexity index is 1820. The first-order valence-corrected chi connectivity index (χ1v) is 19.7. The molecule has 16 nitrogen and oxygen atoms in total. The number of rotatable bonds is 14. The summed E-state index contributed by atoms with van der Waals surface area (Å²) in [6, 6.07) is 5.54. The highest BCUT2D eigenvalue weighted by molar-refractivity contribution is 7.91. The molecule has 53 heavy (non-hydrogen) atoms. The third kappa shape index (κ3) is 8.56. The molecule has 1 saturated heterocycles. The number of methoxy groups -OCH3 is 1. The second-order valence-electron chi connectivity index (χ2n) is 15.6. The van der Waals surface area contributed by atoms with E-state index in [-0.39, 0.29) is 37.1 Å². The number of nitrogens with zero attached hydrogens (tertiary/aromatic N) is 4. The third-order valence-electron chi connectivity index (χ3n) is 10.7. The van der Waals surface area contributed by atoms with E-state index in [2.05, 4.69) is 37.3 Å². The highest BCUT2D eigenvalue weighted by Crippen LogP contribution is 2.49. The Balaban J connectivity index is 1.27. The number of amides is 3. The number of sulfonamides is 1. The number of ketones is 1. The Kier molecular flexibility index (Phi) is 11.0. The van der Waals surface area contributed by atoms with Crippen LogP contribution in [0.25, 0.3) is 11.4 Å². The molecule has 4 aliphatic rings. The van der Waals surface area contributed by atoms with Crippen LogP contribution in [-0.4, -0.2) is 95.6 Å². The maximum absolute atomic E-state index is 14.6. The maximum atomic E-state index is 14.6. The summed E-state index contributed by atoms with van der Waals surface area (Å²) in [6.07, 6.45) is 3.40. The topological polar surface area (TPSA) is 210 Å². The van der Waals surface area contributed by atoms with Gasteiger partial charge in [-0.3, -0.25) is 19.1 Å². The maximum Gasteiger partial charge on any atom is 0.408 e. The fourth-order valence-electron chi connectivity index (χ4n) is 7.36. The molecule has 17 heteroatoms. The SMILES string of the molecule is C=CC[C@@H]1C[C@@]1(NC(=O)[C@@H]1C[C@@H](n2nnc(-c3ccc(OC)cc3)n2)CC1C(=O)C(NC(=O)OC1CCOCC1)C(C)(C)C)C(=O)NS(=O)(=O)C1CC1. The third-order valence-corrected chi connectivity index (χ3v) is 12.5. The number of allylic oxidation sites excluding steroid dienone is 1. The van der Waals surface area contributed by atoms with E-state index in [9.17, 15) is 27.6 Å². The Morgan fingerprint density at radius 2 is 1.75 bits per heavy atom. The Morgan fingerprint density at radius 1 is 1.08 bits per heavy atom. The molecule has 0 radical (unpaired) electrons. The number of nitrogens with one attached hydrogen (secondary N) is 3. The summed E-state index contributed by atoms with van der Waals surface area (Å²) >= 11 is 0. The summed E-state index contributed by atoms with van der Waals surface area (Å²) in [5, 5.41) is 18.1. The Morgan fingerprint density at radius 3 is 2.38 bits per heavy atom. The smallest absolute Gasteiger partial charge is 0.408 e. The van der Waals surface area contributed by atoms with Crippen LogP contribution in [0.15, 0.2) is 36.9 Å². The lowest BCUT2D eigenvalue weighted by Crippen LogP contribution is -2.56. The van der Waals surface area contributed by atoms with Crippen molar-refractivity contribution in [3.63, 3.8) is 0 Å². The number of aromatic nitrogens is 4. The second-order valence-corrected chi connectivity index (χ2v) is 17.6. The van der Waals surface area contributed by atoms with E-state index in [0.717, 1.165) is 0 Å². The highest BCUT2D eigenvalue weighted by Gasteiger charge is 2.62. The van der Waals surface area contributed by atoms with Gasteiger partial charge in [-0.05, 0) is 79.3 Å². The molecule has 6 rings (SSSR count). The molecule has 1 aliphatic heterocycles. The van der Waals surface area contributed by atoms with Crippen LogP contribution in [0.5, 0.6) is 5.75 Å². The number of Topliss-reactive ketones (excluding diaryl/α,β-unsaturated/α-hetero) is 1. The van der Waals surface area contributed by atoms with Crippen molar-refractivity contribution in [2.45, 2.75) is 101 Å². The first-order valence-electron chi connectivity index (χ1n) is 18.2. The summed E-state index contributed by atoms with van der Waals surface area (Å²) < 4.78 is 44.0. The number of benzene rings is 1. The van der Waals surface area contributed by atoms with Crippen molar-refractivity contribution in [2.75, 3.05) is 20.3 Å². The second kappa shape index (κ2) is 15.2. The predicted octanol–water partition coefficient (Wildman–Crippen LogP) is 2.86. The molecular formula is C36H49N7O9S. The van der Waals surface area contributed by atoms with Gasteiger partial charge in [-0.15, -0.1) is 16.8 Å². The molecular weight excluding hydrogens is 707 g/mol. The lowest BCUT2D eigenvalue weighted by atomic mass is 9.77. The summed E-state index contributed by atoms with van der Waals surface area (Å²) in [5.41, 5.74) is -1.57. The van der Waals surface area contributed by atoms with Crippen LogP contribution in [-0.2, 0) is 33.9 Å². The van der Waals surface area contributed by atoms with Crippen molar-refractivity contribution in [3.8, 4) is 17.1 Å². The molecule has 1 aromatic heterocycles. The Labute approximate surface area is 309 Å². The molecule has 6 atom stereocenters. The zero-order chi connectivity index (χ0) is 38.1. The summed E-state index contributed by atoms with van der Waals surface area (Å²) in [6.45, 7) is 10.1. The van der Waals surface area contributed by atoms with Crippen LogP contribution in [0.4, 0.5) is 4.79 Å². The fourth-order valence-corrected chi connectivity index (χ4v) is 8.73. The van der Waals surface area contributed by atoms with E-state index in [4.69, 9.17) is 14.2 Å². The molecule has 3 aliphatic carbocycles. The highest BCUT2D eigenvalue weighted by atomic mass is 32.2. The number of carbonyl (C=O) groups is 4. The molecule has 2 unspecified atom stereocenters. The van der Waals surface area contributed by atoms with Gasteiger partial charge in [0.1, 0.15) is 17.4 Å². The van der Waals surface area contributed by atoms with Crippen molar-refractivity contribution in [3.05, 3.63) is 36.9 Å². The number of hydrogen-bond donors (Lipinski definition) is 3. The van der Waals surface area contributed by atoms with Crippen molar-refractivity contribution >= 4 is 33.7 Å². The van der Waals surface area contributed by atoms with Crippen LogP contribution in [0.3, 0.4) is 0 Å². The number of tetrazole rings is 1. The van der Waals surface area contributed by atoms with Gasteiger partial charge in [-0.25, -0.2) is 13.2 Å². The minimum atomic E-state index is -3.89. The monoisotopic (exact) mass is 755 g/mol. The van der Waals surface area contributed by atoms with E-state index in [0.29, 0.717) is 62.5 Å². The molecule has 2 aromatic rings. The van der Waals surface area contributed by atoms with Crippen molar-refractivity contribution < 1.29 is 41.8 Å². The standard InChI is InChI=1S/C36H49N7O9S/c1-6-7-22-20-36(22,33(46)41-53(48,49)26-12-13-26)38-32(45)28-19-23(43-40-31(39-42-43)21-8-10-24(50-5)11-9-21)18-27(28)29(44)30(35(2,3)4)37-34(47)52-25-14-16-51-17-15-25/h6,8-11,22-23,25-28,30H,1,7,12-20H2,2-5H3,(H,37,47)(H,38,45)(H,41,46)/t22-,23+,27?,28-,30?,36+/m1/s1. The number of ether oxygens (including phenoxy) is 3. The number of hydrogen-bond acceptors (Lipinski definition) is 12. The van der Waals surface area contributed by atoms with Gasteiger partial charge < -0.3 is 24.8 Å². The van der Waals surface area contributed by atoms with E-state index in [1.807, 2.05) is 20.8 Å². The van der Waals surface area contributed by atoms with Gasteiger partial charge in [0, 0.05) is 30.2 Å². The van der Waals surface area contributed by atoms with Crippen molar-refractivity contribution in [1.29, 1.82) is 0 Å². The largest absolute Gasteiger partial charge is 0.497 e. The van der Waals surface area contributed by atoms with E-state index in [1.165, 1.54) is 4.80 Å².